The predicted molar refractivity (Wildman–Crippen MR) is 123 cm³/mol. The van der Waals surface area contributed by atoms with E-state index in [1.54, 1.807) is 37.3 Å². The van der Waals surface area contributed by atoms with Gasteiger partial charge in [-0.3, -0.25) is 9.59 Å². The number of carbonyl (C=O) groups is 3. The molecular formula is C23H21ClN2O4S. The number of methoxy groups -OCH3 is 1. The number of ether oxygens (including phenoxy) is 1. The largest absolute Gasteiger partial charge is 0.465 e. The van der Waals surface area contributed by atoms with E-state index in [1.807, 2.05) is 25.1 Å². The Hall–Kier alpha value is -3.16. The molecule has 3 aromatic rings. The molecule has 0 atom stereocenters. The molecule has 0 radical (unpaired) electrons. The Morgan fingerprint density at radius 1 is 1.00 bits per heavy atom. The number of rotatable bonds is 6. The number of nitrogens with one attached hydrogen (secondary N) is 2. The molecule has 8 heteroatoms. The summed E-state index contributed by atoms with van der Waals surface area (Å²) < 4.78 is 4.87. The highest BCUT2D eigenvalue weighted by Gasteiger charge is 2.26. The van der Waals surface area contributed by atoms with E-state index in [2.05, 4.69) is 10.6 Å². The fraction of sp³-hybridized carbons (Fsp3) is 0.174. The molecule has 6 nitrogen and oxygen atoms in total. The Morgan fingerprint density at radius 2 is 1.68 bits per heavy atom. The van der Waals surface area contributed by atoms with Crippen molar-refractivity contribution in [2.45, 2.75) is 20.3 Å². The number of hydrogen-bond donors (Lipinski definition) is 2. The van der Waals surface area contributed by atoms with Gasteiger partial charge in [-0.05, 0) is 48.7 Å². The van der Waals surface area contributed by atoms with Gasteiger partial charge in [-0.1, -0.05) is 41.9 Å². The molecule has 2 aromatic carbocycles. The molecule has 0 aliphatic rings. The van der Waals surface area contributed by atoms with Crippen LogP contribution in [0.5, 0.6) is 0 Å². The number of benzene rings is 2. The first-order valence-electron chi connectivity index (χ1n) is 9.43. The van der Waals surface area contributed by atoms with Crippen molar-refractivity contribution in [1.29, 1.82) is 0 Å². The number of halogens is 1. The van der Waals surface area contributed by atoms with Gasteiger partial charge in [0.05, 0.1) is 24.0 Å². The van der Waals surface area contributed by atoms with E-state index < -0.39 is 5.97 Å². The number of thiophene rings is 1. The molecule has 0 bridgehead atoms. The molecule has 0 saturated carbocycles. The van der Waals surface area contributed by atoms with Crippen LogP contribution in [0.1, 0.15) is 36.7 Å². The lowest BCUT2D eigenvalue weighted by Crippen LogP contribution is -2.16. The van der Waals surface area contributed by atoms with Crippen LogP contribution in [0.25, 0.3) is 0 Å². The minimum atomic E-state index is -0.620. The topological polar surface area (TPSA) is 84.5 Å². The number of aryl methyl sites for hydroxylation is 1. The van der Waals surface area contributed by atoms with Crippen LogP contribution in [0, 0.1) is 13.8 Å². The van der Waals surface area contributed by atoms with Gasteiger partial charge in [0.25, 0.3) is 5.91 Å². The Balaban J connectivity index is 1.86. The molecule has 2 N–H and O–H groups in total. The molecule has 1 heterocycles. The van der Waals surface area contributed by atoms with Gasteiger partial charge in [-0.2, -0.15) is 0 Å². The molecule has 160 valence electrons. The molecule has 0 unspecified atom stereocenters. The number of amides is 2. The van der Waals surface area contributed by atoms with E-state index in [0.29, 0.717) is 21.2 Å². The van der Waals surface area contributed by atoms with Crippen molar-refractivity contribution >= 4 is 51.4 Å². The van der Waals surface area contributed by atoms with E-state index >= 15 is 0 Å². The molecule has 2 amide bonds. The molecule has 1 aromatic heterocycles. The van der Waals surface area contributed by atoms with Crippen LogP contribution in [0.2, 0.25) is 5.02 Å². The molecule has 3 rings (SSSR count). The van der Waals surface area contributed by atoms with Gasteiger partial charge in [0, 0.05) is 10.7 Å². The van der Waals surface area contributed by atoms with Gasteiger partial charge in [0.2, 0.25) is 5.91 Å². The summed E-state index contributed by atoms with van der Waals surface area (Å²) in [5, 5.41) is 6.46. The zero-order chi connectivity index (χ0) is 22.5. The van der Waals surface area contributed by atoms with E-state index in [9.17, 15) is 14.4 Å². The highest BCUT2D eigenvalue weighted by Crippen LogP contribution is 2.34. The monoisotopic (exact) mass is 456 g/mol. The van der Waals surface area contributed by atoms with Gasteiger partial charge in [0.1, 0.15) is 5.00 Å². The second-order valence-electron chi connectivity index (χ2n) is 6.87. The van der Waals surface area contributed by atoms with E-state index in [0.717, 1.165) is 22.5 Å². The zero-order valence-electron chi connectivity index (χ0n) is 17.2. The maximum Gasteiger partial charge on any atom is 0.341 e. The van der Waals surface area contributed by atoms with Crippen molar-refractivity contribution in [2.24, 2.45) is 0 Å². The molecule has 0 aliphatic carbocycles. The number of carbonyl (C=O) groups excluding carboxylic acids is 3. The normalized spacial score (nSPS) is 10.5. The Kier molecular flexibility index (Phi) is 7.09. The summed E-state index contributed by atoms with van der Waals surface area (Å²) >= 11 is 6.92. The van der Waals surface area contributed by atoms with Crippen LogP contribution in [0.3, 0.4) is 0 Å². The quantitative estimate of drug-likeness (QED) is 0.497. The van der Waals surface area contributed by atoms with Gasteiger partial charge in [0.15, 0.2) is 0 Å². The van der Waals surface area contributed by atoms with Crippen LogP contribution < -0.4 is 10.6 Å². The third-order valence-electron chi connectivity index (χ3n) is 4.67. The average molecular weight is 457 g/mol. The summed E-state index contributed by atoms with van der Waals surface area (Å²) in [6.07, 6.45) is 0.0967. The lowest BCUT2D eigenvalue weighted by Gasteiger charge is -2.07. The van der Waals surface area contributed by atoms with Crippen LogP contribution in [-0.4, -0.2) is 24.9 Å². The maximum atomic E-state index is 12.9. The third kappa shape index (κ3) is 5.31. The third-order valence-corrected chi connectivity index (χ3v) is 6.12. The van der Waals surface area contributed by atoms with E-state index in [-0.39, 0.29) is 28.8 Å². The first kappa shape index (κ1) is 22.5. The number of anilines is 2. The van der Waals surface area contributed by atoms with Gasteiger partial charge < -0.3 is 15.4 Å². The minimum Gasteiger partial charge on any atom is -0.465 e. The fourth-order valence-corrected chi connectivity index (χ4v) is 4.25. The molecule has 0 fully saturated rings. The smallest absolute Gasteiger partial charge is 0.341 e. The highest BCUT2D eigenvalue weighted by atomic mass is 35.5. The predicted octanol–water partition coefficient (Wildman–Crippen LogP) is 5.24. The van der Waals surface area contributed by atoms with Crippen LogP contribution in [0.4, 0.5) is 10.7 Å². The number of hydrogen-bond acceptors (Lipinski definition) is 5. The highest BCUT2D eigenvalue weighted by molar-refractivity contribution is 7.19. The van der Waals surface area contributed by atoms with Crippen LogP contribution >= 0.6 is 22.9 Å². The summed E-state index contributed by atoms with van der Waals surface area (Å²) in [6.45, 7) is 3.55. The van der Waals surface area contributed by atoms with Crippen molar-refractivity contribution < 1.29 is 19.1 Å². The Morgan fingerprint density at radius 3 is 2.32 bits per heavy atom. The molecule has 31 heavy (non-hydrogen) atoms. The molecule has 0 spiro atoms. The van der Waals surface area contributed by atoms with Gasteiger partial charge in [-0.15, -0.1) is 11.3 Å². The second-order valence-corrected chi connectivity index (χ2v) is 8.33. The SMILES string of the molecule is COC(=O)c1c(NC(=O)Cc2ccc(Cl)cc2)sc(C(=O)Nc2ccccc2C)c1C. The van der Waals surface area contributed by atoms with Crippen LogP contribution in [-0.2, 0) is 16.0 Å². The fourth-order valence-electron chi connectivity index (χ4n) is 3.02. The summed E-state index contributed by atoms with van der Waals surface area (Å²) in [5.74, 6) is -1.30. The average Bonchev–Trinajstić information content (AvgIpc) is 3.06. The summed E-state index contributed by atoms with van der Waals surface area (Å²) in [5.41, 5.74) is 2.98. The van der Waals surface area contributed by atoms with E-state index in [4.69, 9.17) is 16.3 Å². The molecule has 0 aliphatic heterocycles. The number of esters is 1. The van der Waals surface area contributed by atoms with Crippen LogP contribution in [0.15, 0.2) is 48.5 Å². The van der Waals surface area contributed by atoms with E-state index in [1.165, 1.54) is 7.11 Å². The van der Waals surface area contributed by atoms with Crippen molar-refractivity contribution in [3.8, 4) is 0 Å². The molecular weight excluding hydrogens is 436 g/mol. The summed E-state index contributed by atoms with van der Waals surface area (Å²) in [7, 11) is 1.26. The van der Waals surface area contributed by atoms with Crippen molar-refractivity contribution in [3.05, 3.63) is 80.7 Å². The first-order valence-corrected chi connectivity index (χ1v) is 10.6. The Labute approximate surface area is 189 Å². The lowest BCUT2D eigenvalue weighted by molar-refractivity contribution is -0.115. The zero-order valence-corrected chi connectivity index (χ0v) is 18.8. The van der Waals surface area contributed by atoms with Crippen molar-refractivity contribution in [1.82, 2.24) is 0 Å². The summed E-state index contributed by atoms with van der Waals surface area (Å²) in [6, 6.07) is 14.3. The lowest BCUT2D eigenvalue weighted by atomic mass is 10.1. The van der Waals surface area contributed by atoms with Gasteiger partial charge in [-0.25, -0.2) is 4.79 Å². The van der Waals surface area contributed by atoms with Gasteiger partial charge >= 0.3 is 5.97 Å². The molecule has 0 saturated heterocycles. The van der Waals surface area contributed by atoms with Crippen molar-refractivity contribution in [2.75, 3.05) is 17.7 Å². The maximum absolute atomic E-state index is 12.9. The first-order chi connectivity index (χ1) is 14.8. The minimum absolute atomic E-state index is 0.0967. The number of para-hydroxylation sites is 1. The standard InChI is InChI=1S/C23H21ClN2O4S/c1-13-6-4-5-7-17(13)25-21(28)20-14(2)19(23(29)30-3)22(31-20)26-18(27)12-15-8-10-16(24)11-9-15/h4-11H,12H2,1-3H3,(H,25,28)(H,26,27). The summed E-state index contributed by atoms with van der Waals surface area (Å²) in [4.78, 5) is 38.2. The van der Waals surface area contributed by atoms with Crippen molar-refractivity contribution in [3.63, 3.8) is 0 Å². The Bertz CT molecular complexity index is 1140. The second kappa shape index (κ2) is 9.76.